The number of halogens is 1. The van der Waals surface area contributed by atoms with Crippen LogP contribution in [-0.4, -0.2) is 29.9 Å². The minimum Gasteiger partial charge on any atom is -0.338 e. The van der Waals surface area contributed by atoms with Gasteiger partial charge in [-0.3, -0.25) is 4.79 Å². The van der Waals surface area contributed by atoms with Gasteiger partial charge in [0.2, 0.25) is 5.91 Å². The minimum atomic E-state index is 0. The largest absolute Gasteiger partial charge is 0.338 e. The smallest absolute Gasteiger partial charge is 0.227 e. The van der Waals surface area contributed by atoms with E-state index in [-0.39, 0.29) is 24.4 Å². The first-order valence-electron chi connectivity index (χ1n) is 8.38. The summed E-state index contributed by atoms with van der Waals surface area (Å²) in [5.41, 5.74) is 9.93. The Balaban J connectivity index is 0.00000176. The van der Waals surface area contributed by atoms with Crippen LogP contribution < -0.4 is 5.73 Å². The first-order chi connectivity index (χ1) is 10.3. The molecule has 1 aromatic rings. The summed E-state index contributed by atoms with van der Waals surface area (Å²) in [5, 5.41) is 0. The second kappa shape index (κ2) is 7.98. The quantitative estimate of drug-likeness (QED) is 0.930. The van der Waals surface area contributed by atoms with E-state index in [2.05, 4.69) is 18.2 Å². The van der Waals surface area contributed by atoms with Gasteiger partial charge in [-0.1, -0.05) is 18.2 Å². The SMILES string of the molecule is Cl.NCC1CCCCN1C(=O)Cc1ccc2c(c1)CCCC2. The molecule has 3 rings (SSSR count). The number of piperidine rings is 1. The molecule has 1 amide bonds. The zero-order chi connectivity index (χ0) is 14.7. The van der Waals surface area contributed by atoms with E-state index in [9.17, 15) is 4.79 Å². The van der Waals surface area contributed by atoms with Gasteiger partial charge in [0.1, 0.15) is 0 Å². The maximum absolute atomic E-state index is 12.6. The number of carbonyl (C=O) groups excluding carboxylic acids is 1. The highest BCUT2D eigenvalue weighted by Crippen LogP contribution is 2.23. The fourth-order valence-electron chi connectivity index (χ4n) is 3.75. The molecule has 22 heavy (non-hydrogen) atoms. The van der Waals surface area contributed by atoms with E-state index in [1.54, 1.807) is 0 Å². The highest BCUT2D eigenvalue weighted by molar-refractivity contribution is 5.85. The van der Waals surface area contributed by atoms with Crippen LogP contribution in [0, 0.1) is 0 Å². The van der Waals surface area contributed by atoms with Crippen molar-refractivity contribution in [2.75, 3.05) is 13.1 Å². The molecular weight excluding hydrogens is 296 g/mol. The van der Waals surface area contributed by atoms with Crippen molar-refractivity contribution in [3.05, 3.63) is 34.9 Å². The fourth-order valence-corrected chi connectivity index (χ4v) is 3.75. The molecule has 4 heteroatoms. The number of rotatable bonds is 3. The number of nitrogens with zero attached hydrogens (tertiary/aromatic N) is 1. The molecule has 1 aliphatic heterocycles. The van der Waals surface area contributed by atoms with Crippen molar-refractivity contribution in [2.45, 2.75) is 57.4 Å². The number of likely N-dealkylation sites (tertiary alicyclic amines) is 1. The van der Waals surface area contributed by atoms with Crippen LogP contribution in [-0.2, 0) is 24.1 Å². The average molecular weight is 323 g/mol. The minimum absolute atomic E-state index is 0. The number of aryl methyl sites for hydroxylation is 2. The van der Waals surface area contributed by atoms with Gasteiger partial charge in [-0.2, -0.15) is 0 Å². The second-order valence-electron chi connectivity index (χ2n) is 6.46. The zero-order valence-corrected chi connectivity index (χ0v) is 14.0. The molecule has 0 aromatic heterocycles. The molecular formula is C18H27ClN2O. The van der Waals surface area contributed by atoms with Crippen molar-refractivity contribution in [2.24, 2.45) is 5.73 Å². The summed E-state index contributed by atoms with van der Waals surface area (Å²) in [5.74, 6) is 0.251. The van der Waals surface area contributed by atoms with Gasteiger partial charge in [-0.15, -0.1) is 12.4 Å². The number of benzene rings is 1. The molecule has 2 N–H and O–H groups in total. The lowest BCUT2D eigenvalue weighted by atomic mass is 9.90. The monoisotopic (exact) mass is 322 g/mol. The van der Waals surface area contributed by atoms with Crippen molar-refractivity contribution < 1.29 is 4.79 Å². The van der Waals surface area contributed by atoms with Gasteiger partial charge in [-0.25, -0.2) is 0 Å². The van der Waals surface area contributed by atoms with Crippen molar-refractivity contribution in [1.29, 1.82) is 0 Å². The molecule has 1 fully saturated rings. The van der Waals surface area contributed by atoms with Crippen LogP contribution in [0.15, 0.2) is 18.2 Å². The van der Waals surface area contributed by atoms with E-state index in [4.69, 9.17) is 5.73 Å². The van der Waals surface area contributed by atoms with E-state index >= 15 is 0 Å². The predicted molar refractivity (Wildman–Crippen MR) is 92.4 cm³/mol. The summed E-state index contributed by atoms with van der Waals surface area (Å²) in [4.78, 5) is 14.6. The summed E-state index contributed by atoms with van der Waals surface area (Å²) in [6, 6.07) is 6.88. The topological polar surface area (TPSA) is 46.3 Å². The lowest BCUT2D eigenvalue weighted by Gasteiger charge is -2.35. The number of hydrogen-bond acceptors (Lipinski definition) is 2. The summed E-state index contributed by atoms with van der Waals surface area (Å²) < 4.78 is 0. The summed E-state index contributed by atoms with van der Waals surface area (Å²) >= 11 is 0. The molecule has 1 aliphatic carbocycles. The molecule has 1 unspecified atom stereocenters. The predicted octanol–water partition coefficient (Wildman–Crippen LogP) is 2.87. The molecule has 0 saturated carbocycles. The first-order valence-corrected chi connectivity index (χ1v) is 8.38. The molecule has 0 spiro atoms. The number of carbonyl (C=O) groups is 1. The van der Waals surface area contributed by atoms with E-state index in [1.807, 2.05) is 4.90 Å². The first kappa shape index (κ1) is 17.3. The highest BCUT2D eigenvalue weighted by atomic mass is 35.5. The van der Waals surface area contributed by atoms with Crippen LogP contribution in [0.2, 0.25) is 0 Å². The maximum atomic E-state index is 12.6. The van der Waals surface area contributed by atoms with Gasteiger partial charge in [0.15, 0.2) is 0 Å². The third-order valence-electron chi connectivity index (χ3n) is 4.99. The lowest BCUT2D eigenvalue weighted by Crippen LogP contribution is -2.48. The van der Waals surface area contributed by atoms with Gasteiger partial charge in [-0.05, 0) is 61.6 Å². The Kier molecular flexibility index (Phi) is 6.27. The van der Waals surface area contributed by atoms with Crippen LogP contribution in [0.5, 0.6) is 0 Å². The highest BCUT2D eigenvalue weighted by Gasteiger charge is 2.25. The molecule has 122 valence electrons. The van der Waals surface area contributed by atoms with Crippen LogP contribution in [0.4, 0.5) is 0 Å². The van der Waals surface area contributed by atoms with Gasteiger partial charge in [0.05, 0.1) is 6.42 Å². The Morgan fingerprint density at radius 3 is 2.68 bits per heavy atom. The summed E-state index contributed by atoms with van der Waals surface area (Å²) in [6.45, 7) is 1.47. The molecule has 0 bridgehead atoms. The van der Waals surface area contributed by atoms with Gasteiger partial charge >= 0.3 is 0 Å². The van der Waals surface area contributed by atoms with E-state index in [0.29, 0.717) is 13.0 Å². The van der Waals surface area contributed by atoms with E-state index < -0.39 is 0 Å². The van der Waals surface area contributed by atoms with Gasteiger partial charge in [0.25, 0.3) is 0 Å². The molecule has 1 aromatic carbocycles. The Hall–Kier alpha value is -1.06. The lowest BCUT2D eigenvalue weighted by molar-refractivity contribution is -0.133. The Morgan fingerprint density at radius 1 is 1.14 bits per heavy atom. The van der Waals surface area contributed by atoms with E-state index in [0.717, 1.165) is 19.4 Å². The van der Waals surface area contributed by atoms with Crippen molar-refractivity contribution in [1.82, 2.24) is 4.90 Å². The maximum Gasteiger partial charge on any atom is 0.227 e. The molecule has 1 heterocycles. The standard InChI is InChI=1S/C18H26N2O.ClH/c19-13-17-7-3-4-10-20(17)18(21)12-14-8-9-15-5-1-2-6-16(15)11-14;/h8-9,11,17H,1-7,10,12-13,19H2;1H. The van der Waals surface area contributed by atoms with Crippen molar-refractivity contribution in [3.63, 3.8) is 0 Å². The van der Waals surface area contributed by atoms with Gasteiger partial charge in [0, 0.05) is 19.1 Å². The third-order valence-corrected chi connectivity index (χ3v) is 4.99. The molecule has 1 atom stereocenters. The zero-order valence-electron chi connectivity index (χ0n) is 13.2. The average Bonchev–Trinajstić information content (AvgIpc) is 2.54. The normalized spacial score (nSPS) is 21.0. The Bertz CT molecular complexity index is 518. The van der Waals surface area contributed by atoms with Crippen LogP contribution in [0.3, 0.4) is 0 Å². The molecule has 1 saturated heterocycles. The van der Waals surface area contributed by atoms with Crippen molar-refractivity contribution in [3.8, 4) is 0 Å². The van der Waals surface area contributed by atoms with Crippen LogP contribution in [0.25, 0.3) is 0 Å². The third kappa shape index (κ3) is 3.82. The number of amides is 1. The number of fused-ring (bicyclic) bond motifs is 1. The number of nitrogens with two attached hydrogens (primary N) is 1. The summed E-state index contributed by atoms with van der Waals surface area (Å²) in [6.07, 6.45) is 8.87. The van der Waals surface area contributed by atoms with Crippen LogP contribution in [0.1, 0.15) is 48.8 Å². The molecule has 0 radical (unpaired) electrons. The summed E-state index contributed by atoms with van der Waals surface area (Å²) in [7, 11) is 0. The second-order valence-corrected chi connectivity index (χ2v) is 6.46. The fraction of sp³-hybridized carbons (Fsp3) is 0.611. The Morgan fingerprint density at radius 2 is 1.91 bits per heavy atom. The Labute approximate surface area is 139 Å². The van der Waals surface area contributed by atoms with Crippen molar-refractivity contribution >= 4 is 18.3 Å². The molecule has 2 aliphatic rings. The van der Waals surface area contributed by atoms with Crippen LogP contribution >= 0.6 is 12.4 Å². The molecule has 3 nitrogen and oxygen atoms in total. The van der Waals surface area contributed by atoms with E-state index in [1.165, 1.54) is 48.8 Å². The number of hydrogen-bond donors (Lipinski definition) is 1. The van der Waals surface area contributed by atoms with Gasteiger partial charge < -0.3 is 10.6 Å².